The van der Waals surface area contributed by atoms with E-state index in [4.69, 9.17) is 0 Å². The molecule has 5 heteroatoms. The molecule has 0 saturated carbocycles. The van der Waals surface area contributed by atoms with Gasteiger partial charge in [-0.15, -0.1) is 11.3 Å². The maximum Gasteiger partial charge on any atom is 0.488 e. The molecule has 0 amide bonds. The van der Waals surface area contributed by atoms with E-state index in [0.717, 1.165) is 23.7 Å². The van der Waals surface area contributed by atoms with Gasteiger partial charge in [0, 0.05) is 36.6 Å². The number of fused-ring (bicyclic) bond motifs is 7. The van der Waals surface area contributed by atoms with Crippen LogP contribution in [0.25, 0.3) is 47.7 Å². The van der Waals surface area contributed by atoms with Crippen molar-refractivity contribution in [3.05, 3.63) is 72.8 Å². The van der Waals surface area contributed by atoms with Crippen molar-refractivity contribution in [2.24, 2.45) is 0 Å². The quantitative estimate of drug-likeness (QED) is 0.412. The van der Waals surface area contributed by atoms with E-state index >= 15 is 0 Å². The minimum atomic E-state index is -1.48. The fourth-order valence-corrected chi connectivity index (χ4v) is 5.81. The predicted molar refractivity (Wildman–Crippen MR) is 125 cm³/mol. The largest absolute Gasteiger partial charge is 0.488 e. The Labute approximate surface area is 172 Å². The van der Waals surface area contributed by atoms with E-state index in [9.17, 15) is 10.0 Å². The number of hydrogen-bond donors (Lipinski definition) is 2. The topological polar surface area (TPSA) is 45.4 Å². The fraction of sp³-hybridized carbons (Fsp3) is 0.0833. The van der Waals surface area contributed by atoms with Gasteiger partial charge in [0.2, 0.25) is 0 Å². The molecule has 2 N–H and O–H groups in total. The van der Waals surface area contributed by atoms with Crippen LogP contribution in [0.5, 0.6) is 0 Å². The Balaban J connectivity index is 1.82. The second-order valence-electron chi connectivity index (χ2n) is 7.55. The Kier molecular flexibility index (Phi) is 3.72. The maximum absolute atomic E-state index is 9.75. The van der Waals surface area contributed by atoms with E-state index in [0.29, 0.717) is 5.46 Å². The summed E-state index contributed by atoms with van der Waals surface area (Å²) in [5, 5.41) is 24.5. The lowest BCUT2D eigenvalue weighted by atomic mass is 9.80. The highest BCUT2D eigenvalue weighted by molar-refractivity contribution is 7.26. The summed E-state index contributed by atoms with van der Waals surface area (Å²) in [7, 11) is -1.48. The zero-order chi connectivity index (χ0) is 19.5. The summed E-state index contributed by atoms with van der Waals surface area (Å²) < 4.78 is 4.87. The van der Waals surface area contributed by atoms with Gasteiger partial charge in [-0.3, -0.25) is 0 Å². The summed E-state index contributed by atoms with van der Waals surface area (Å²) in [6.45, 7) is 0. The fourth-order valence-electron chi connectivity index (χ4n) is 4.55. The molecular formula is C24H18BNO2S. The third-order valence-corrected chi connectivity index (χ3v) is 7.08. The Morgan fingerprint density at radius 2 is 1.76 bits per heavy atom. The average Bonchev–Trinajstić information content (AvgIpc) is 3.29. The predicted octanol–water partition coefficient (Wildman–Crippen LogP) is 5.03. The number of allylic oxidation sites excluding steroid dienone is 4. The molecule has 0 bridgehead atoms. The van der Waals surface area contributed by atoms with Crippen molar-refractivity contribution in [2.45, 2.75) is 12.8 Å². The molecule has 0 atom stereocenters. The Morgan fingerprint density at radius 1 is 0.897 bits per heavy atom. The molecule has 2 aromatic heterocycles. The molecule has 0 unspecified atom stereocenters. The summed E-state index contributed by atoms with van der Waals surface area (Å²) in [5.74, 6) is 0. The number of nitrogens with zero attached hydrogens (tertiary/aromatic N) is 1. The summed E-state index contributed by atoms with van der Waals surface area (Å²) in [4.78, 5) is 0. The van der Waals surface area contributed by atoms with Crippen molar-refractivity contribution in [1.82, 2.24) is 4.57 Å². The molecule has 1 aliphatic rings. The maximum atomic E-state index is 9.75. The second kappa shape index (κ2) is 6.32. The molecule has 0 saturated heterocycles. The van der Waals surface area contributed by atoms with Crippen molar-refractivity contribution >= 4 is 71.6 Å². The zero-order valence-electron chi connectivity index (χ0n) is 15.7. The molecule has 140 valence electrons. The third kappa shape index (κ3) is 2.45. The summed E-state index contributed by atoms with van der Waals surface area (Å²) in [6.07, 6.45) is 8.44. The average molecular weight is 395 g/mol. The Bertz CT molecular complexity index is 1490. The molecule has 2 heterocycles. The lowest BCUT2D eigenvalue weighted by Crippen LogP contribution is -2.29. The summed E-state index contributed by atoms with van der Waals surface area (Å²) in [5.41, 5.74) is 3.95. The molecule has 3 nitrogen and oxygen atoms in total. The first-order valence-electron chi connectivity index (χ1n) is 9.83. The molecule has 6 rings (SSSR count). The SMILES string of the molecule is OB(O)c1ccc2c3c4sc5ccccc5c4ccc3n(C3=CC=CCC3)c2c1. The van der Waals surface area contributed by atoms with Crippen LogP contribution in [0, 0.1) is 0 Å². The lowest BCUT2D eigenvalue weighted by molar-refractivity contribution is 0.426. The minimum absolute atomic E-state index is 0.515. The highest BCUT2D eigenvalue weighted by Crippen LogP contribution is 2.43. The van der Waals surface area contributed by atoms with Gasteiger partial charge in [0.15, 0.2) is 0 Å². The summed E-state index contributed by atoms with van der Waals surface area (Å²) >= 11 is 1.83. The molecule has 0 spiro atoms. The molecule has 0 fully saturated rings. The van der Waals surface area contributed by atoms with Crippen molar-refractivity contribution in [2.75, 3.05) is 0 Å². The molecule has 29 heavy (non-hydrogen) atoms. The number of benzene rings is 3. The van der Waals surface area contributed by atoms with Crippen LogP contribution >= 0.6 is 11.3 Å². The Morgan fingerprint density at radius 3 is 2.59 bits per heavy atom. The van der Waals surface area contributed by atoms with Gasteiger partial charge in [0.25, 0.3) is 0 Å². The van der Waals surface area contributed by atoms with Crippen molar-refractivity contribution in [3.63, 3.8) is 0 Å². The van der Waals surface area contributed by atoms with E-state index in [1.165, 1.54) is 36.8 Å². The Hall–Kier alpha value is -2.86. The summed E-state index contributed by atoms with van der Waals surface area (Å²) in [6, 6.07) is 18.8. The normalized spacial score (nSPS) is 14.3. The monoisotopic (exact) mass is 395 g/mol. The van der Waals surface area contributed by atoms with Crippen LogP contribution in [0.3, 0.4) is 0 Å². The second-order valence-corrected chi connectivity index (χ2v) is 8.60. The van der Waals surface area contributed by atoms with Crippen LogP contribution in [-0.2, 0) is 0 Å². The standard InChI is InChI=1S/C24H18BNO2S/c27-25(28)15-10-11-19-21(14-15)26(16-6-2-1-3-7-16)20-13-12-18-17-8-4-5-9-22(17)29-24(18)23(19)20/h1-2,4-6,8-14,27-28H,3,7H2. The van der Waals surface area contributed by atoms with Crippen LogP contribution in [0.2, 0.25) is 0 Å². The molecular weight excluding hydrogens is 377 g/mol. The number of thiophene rings is 1. The highest BCUT2D eigenvalue weighted by Gasteiger charge is 2.20. The van der Waals surface area contributed by atoms with Gasteiger partial charge in [0.05, 0.1) is 11.0 Å². The lowest BCUT2D eigenvalue weighted by Gasteiger charge is -2.14. The van der Waals surface area contributed by atoms with Gasteiger partial charge in [-0.25, -0.2) is 0 Å². The van der Waals surface area contributed by atoms with Gasteiger partial charge in [-0.2, -0.15) is 0 Å². The van der Waals surface area contributed by atoms with Crippen LogP contribution in [0.4, 0.5) is 0 Å². The minimum Gasteiger partial charge on any atom is -0.423 e. The number of rotatable bonds is 2. The molecule has 0 radical (unpaired) electrons. The van der Waals surface area contributed by atoms with Crippen LogP contribution in [0.1, 0.15) is 12.8 Å². The molecule has 0 aliphatic heterocycles. The molecule has 1 aliphatic carbocycles. The first-order chi connectivity index (χ1) is 14.2. The van der Waals surface area contributed by atoms with Crippen molar-refractivity contribution in [3.8, 4) is 0 Å². The van der Waals surface area contributed by atoms with Crippen LogP contribution < -0.4 is 5.46 Å². The van der Waals surface area contributed by atoms with Gasteiger partial charge >= 0.3 is 7.12 Å². The molecule has 3 aromatic carbocycles. The number of hydrogen-bond acceptors (Lipinski definition) is 3. The third-order valence-electron chi connectivity index (χ3n) is 5.88. The van der Waals surface area contributed by atoms with E-state index < -0.39 is 7.12 Å². The van der Waals surface area contributed by atoms with E-state index in [-0.39, 0.29) is 0 Å². The highest BCUT2D eigenvalue weighted by atomic mass is 32.1. The van der Waals surface area contributed by atoms with Gasteiger partial charge in [-0.1, -0.05) is 48.6 Å². The van der Waals surface area contributed by atoms with Gasteiger partial charge in [-0.05, 0) is 42.6 Å². The van der Waals surface area contributed by atoms with Crippen molar-refractivity contribution < 1.29 is 10.0 Å². The smallest absolute Gasteiger partial charge is 0.423 e. The number of aromatic nitrogens is 1. The first kappa shape index (κ1) is 17.0. The van der Waals surface area contributed by atoms with E-state index in [2.05, 4.69) is 59.2 Å². The van der Waals surface area contributed by atoms with Gasteiger partial charge < -0.3 is 14.6 Å². The van der Waals surface area contributed by atoms with E-state index in [1.54, 1.807) is 0 Å². The van der Waals surface area contributed by atoms with Crippen LogP contribution in [0.15, 0.2) is 72.8 Å². The first-order valence-corrected chi connectivity index (χ1v) is 10.6. The van der Waals surface area contributed by atoms with Gasteiger partial charge in [0.1, 0.15) is 0 Å². The van der Waals surface area contributed by atoms with Crippen LogP contribution in [-0.4, -0.2) is 21.7 Å². The van der Waals surface area contributed by atoms with Crippen molar-refractivity contribution in [1.29, 1.82) is 0 Å². The zero-order valence-corrected chi connectivity index (χ0v) is 16.5. The molecule has 5 aromatic rings. The van der Waals surface area contributed by atoms with E-state index in [1.807, 2.05) is 29.5 Å².